The molecule has 2 aliphatic heterocycles. The Labute approximate surface area is 176 Å². The van der Waals surface area contributed by atoms with Crippen LogP contribution in [0, 0.1) is 6.92 Å². The Hall–Kier alpha value is -2.93. The largest absolute Gasteiger partial charge is 0.465 e. The molecule has 2 aliphatic rings. The van der Waals surface area contributed by atoms with E-state index in [1.54, 1.807) is 0 Å². The van der Waals surface area contributed by atoms with Crippen molar-refractivity contribution in [3.05, 3.63) is 59.5 Å². The van der Waals surface area contributed by atoms with Gasteiger partial charge in [-0.05, 0) is 50.6 Å². The predicted molar refractivity (Wildman–Crippen MR) is 114 cm³/mol. The average molecular weight is 409 g/mol. The molecule has 1 atom stereocenters. The second kappa shape index (κ2) is 9.26. The van der Waals surface area contributed by atoms with Gasteiger partial charge in [-0.25, -0.2) is 5.01 Å². The van der Waals surface area contributed by atoms with Gasteiger partial charge in [0.05, 0.1) is 12.6 Å². The van der Waals surface area contributed by atoms with Crippen molar-refractivity contribution in [2.24, 2.45) is 5.10 Å². The zero-order valence-corrected chi connectivity index (χ0v) is 17.3. The fourth-order valence-electron chi connectivity index (χ4n) is 4.03. The van der Waals surface area contributed by atoms with Crippen LogP contribution in [0.15, 0.2) is 52.0 Å². The van der Waals surface area contributed by atoms with E-state index in [2.05, 4.69) is 15.3 Å². The van der Waals surface area contributed by atoms with Crippen LogP contribution in [0.25, 0.3) is 0 Å². The van der Waals surface area contributed by atoms with Gasteiger partial charge in [-0.3, -0.25) is 14.5 Å². The third-order valence-electron chi connectivity index (χ3n) is 5.67. The number of hydrogen-bond donors (Lipinski definition) is 1. The fourth-order valence-corrected chi connectivity index (χ4v) is 4.03. The summed E-state index contributed by atoms with van der Waals surface area (Å²) in [7, 11) is 0. The van der Waals surface area contributed by atoms with E-state index in [4.69, 9.17) is 4.42 Å². The number of nitrogens with zero attached hydrogens (tertiary/aromatic N) is 3. The smallest absolute Gasteiger partial charge is 0.267 e. The number of amides is 2. The van der Waals surface area contributed by atoms with Gasteiger partial charge in [0, 0.05) is 19.4 Å². The van der Waals surface area contributed by atoms with Crippen LogP contribution in [0.2, 0.25) is 0 Å². The number of hydrogen-bond acceptors (Lipinski definition) is 5. The van der Waals surface area contributed by atoms with Gasteiger partial charge in [0.1, 0.15) is 17.2 Å². The number of nitrogens with one attached hydrogen (secondary N) is 1. The zero-order chi connectivity index (χ0) is 20.9. The summed E-state index contributed by atoms with van der Waals surface area (Å²) < 4.78 is 5.86. The lowest BCUT2D eigenvalue weighted by Gasteiger charge is -2.27. The van der Waals surface area contributed by atoms with Gasteiger partial charge in [-0.1, -0.05) is 30.3 Å². The lowest BCUT2D eigenvalue weighted by Crippen LogP contribution is -2.42. The van der Waals surface area contributed by atoms with Crippen molar-refractivity contribution in [3.63, 3.8) is 0 Å². The summed E-state index contributed by atoms with van der Waals surface area (Å²) in [6.07, 6.45) is 2.98. The van der Waals surface area contributed by atoms with Crippen LogP contribution in [0.3, 0.4) is 0 Å². The zero-order valence-electron chi connectivity index (χ0n) is 17.3. The third kappa shape index (κ3) is 4.79. The number of rotatable bonds is 7. The summed E-state index contributed by atoms with van der Waals surface area (Å²) in [5.74, 6) is 1.47. The average Bonchev–Trinajstić information content (AvgIpc) is 3.43. The summed E-state index contributed by atoms with van der Waals surface area (Å²) in [5.41, 5.74) is 1.39. The first-order valence-electron chi connectivity index (χ1n) is 10.6. The van der Waals surface area contributed by atoms with Gasteiger partial charge in [-0.15, -0.1) is 0 Å². The number of furan rings is 1. The Balaban J connectivity index is 1.42. The van der Waals surface area contributed by atoms with E-state index in [1.165, 1.54) is 5.01 Å². The number of carbonyl (C=O) groups is 2. The maximum Gasteiger partial charge on any atom is 0.267 e. The molecule has 0 aliphatic carbocycles. The molecular formula is C23H28N4O3. The number of benzene rings is 1. The second-order valence-corrected chi connectivity index (χ2v) is 7.90. The maximum absolute atomic E-state index is 12.8. The van der Waals surface area contributed by atoms with Crippen molar-refractivity contribution in [3.8, 4) is 0 Å². The van der Waals surface area contributed by atoms with Crippen LogP contribution in [0.5, 0.6) is 0 Å². The number of aryl methyl sites for hydroxylation is 1. The molecule has 7 nitrogen and oxygen atoms in total. The summed E-state index contributed by atoms with van der Waals surface area (Å²) in [6, 6.07) is 13.6. The molecule has 0 saturated carbocycles. The highest BCUT2D eigenvalue weighted by molar-refractivity contribution is 6.39. The Morgan fingerprint density at radius 2 is 1.90 bits per heavy atom. The minimum atomic E-state index is -0.215. The van der Waals surface area contributed by atoms with Crippen LogP contribution < -0.4 is 5.32 Å². The van der Waals surface area contributed by atoms with Gasteiger partial charge < -0.3 is 9.73 Å². The molecule has 1 unspecified atom stereocenters. The maximum atomic E-state index is 12.8. The first-order valence-corrected chi connectivity index (χ1v) is 10.6. The van der Waals surface area contributed by atoms with Crippen molar-refractivity contribution >= 4 is 17.5 Å². The highest BCUT2D eigenvalue weighted by Gasteiger charge is 2.28. The highest BCUT2D eigenvalue weighted by Crippen LogP contribution is 2.26. The molecule has 7 heteroatoms. The van der Waals surface area contributed by atoms with Gasteiger partial charge in [0.25, 0.3) is 5.91 Å². The minimum absolute atomic E-state index is 0.0106. The summed E-state index contributed by atoms with van der Waals surface area (Å²) in [5, 5.41) is 8.79. The second-order valence-electron chi connectivity index (χ2n) is 7.90. The topological polar surface area (TPSA) is 78.2 Å². The van der Waals surface area contributed by atoms with E-state index in [0.717, 1.165) is 43.0 Å². The SMILES string of the molecule is Cc1ccc(C(CNC(=O)C2=NN(Cc3ccccc3)C(=O)CC2)N2CCCC2)o1. The van der Waals surface area contributed by atoms with E-state index in [-0.39, 0.29) is 17.9 Å². The van der Waals surface area contributed by atoms with Crippen LogP contribution >= 0.6 is 0 Å². The van der Waals surface area contributed by atoms with Crippen molar-refractivity contribution in [1.82, 2.24) is 15.2 Å². The Bertz CT molecular complexity index is 916. The summed E-state index contributed by atoms with van der Waals surface area (Å²) in [6.45, 7) is 4.76. The predicted octanol–water partition coefficient (Wildman–Crippen LogP) is 3.02. The van der Waals surface area contributed by atoms with Gasteiger partial charge >= 0.3 is 0 Å². The van der Waals surface area contributed by atoms with Crippen LogP contribution in [0.1, 0.15) is 48.8 Å². The molecule has 2 amide bonds. The van der Waals surface area contributed by atoms with E-state index in [9.17, 15) is 9.59 Å². The lowest BCUT2D eigenvalue weighted by atomic mass is 10.1. The van der Waals surface area contributed by atoms with Crippen molar-refractivity contribution in [2.45, 2.75) is 45.2 Å². The van der Waals surface area contributed by atoms with Crippen LogP contribution in [0.4, 0.5) is 0 Å². The summed E-state index contributed by atoms with van der Waals surface area (Å²) in [4.78, 5) is 27.4. The first kappa shape index (κ1) is 20.3. The van der Waals surface area contributed by atoms with Crippen molar-refractivity contribution < 1.29 is 14.0 Å². The van der Waals surface area contributed by atoms with Gasteiger partial charge in [0.2, 0.25) is 5.91 Å². The summed E-state index contributed by atoms with van der Waals surface area (Å²) >= 11 is 0. The lowest BCUT2D eigenvalue weighted by molar-refractivity contribution is -0.132. The molecule has 0 radical (unpaired) electrons. The Morgan fingerprint density at radius 3 is 2.60 bits per heavy atom. The molecule has 1 fully saturated rings. The van der Waals surface area contributed by atoms with E-state index in [1.807, 2.05) is 49.4 Å². The monoisotopic (exact) mass is 408 g/mol. The van der Waals surface area contributed by atoms with Crippen LogP contribution in [-0.4, -0.2) is 47.1 Å². The highest BCUT2D eigenvalue weighted by atomic mass is 16.3. The standard InChI is InChI=1S/C23H28N4O3/c1-17-9-11-21(30-17)20(26-13-5-6-14-26)15-24-23(29)19-10-12-22(28)27(25-19)16-18-7-3-2-4-8-18/h2-4,7-9,11,20H,5-6,10,12-16H2,1H3,(H,24,29). The molecule has 158 valence electrons. The fraction of sp³-hybridized carbons (Fsp3) is 0.435. The molecule has 1 saturated heterocycles. The minimum Gasteiger partial charge on any atom is -0.465 e. The Morgan fingerprint density at radius 1 is 1.13 bits per heavy atom. The van der Waals surface area contributed by atoms with E-state index < -0.39 is 0 Å². The van der Waals surface area contributed by atoms with Gasteiger partial charge in [-0.2, -0.15) is 5.10 Å². The third-order valence-corrected chi connectivity index (χ3v) is 5.67. The molecule has 1 aromatic carbocycles. The Kier molecular flexibility index (Phi) is 6.28. The quantitative estimate of drug-likeness (QED) is 0.764. The van der Waals surface area contributed by atoms with Crippen LogP contribution in [-0.2, 0) is 16.1 Å². The normalized spacial score (nSPS) is 18.4. The molecule has 4 rings (SSSR count). The number of hydrazone groups is 1. The number of carbonyl (C=O) groups excluding carboxylic acids is 2. The van der Waals surface area contributed by atoms with Gasteiger partial charge in [0.15, 0.2) is 0 Å². The molecule has 0 spiro atoms. The molecule has 0 bridgehead atoms. The molecule has 1 N–H and O–H groups in total. The molecule has 3 heterocycles. The number of likely N-dealkylation sites (tertiary alicyclic amines) is 1. The molecule has 2 aromatic rings. The molecule has 30 heavy (non-hydrogen) atoms. The van der Waals surface area contributed by atoms with E-state index in [0.29, 0.717) is 31.6 Å². The molecular weight excluding hydrogens is 380 g/mol. The van der Waals surface area contributed by atoms with E-state index >= 15 is 0 Å². The van der Waals surface area contributed by atoms with Crippen molar-refractivity contribution in [2.75, 3.05) is 19.6 Å². The van der Waals surface area contributed by atoms with Crippen molar-refractivity contribution in [1.29, 1.82) is 0 Å². The first-order chi connectivity index (χ1) is 14.6. The molecule has 1 aromatic heterocycles.